The molecule has 0 aliphatic rings. The highest BCUT2D eigenvalue weighted by molar-refractivity contribution is 5.69. The minimum atomic E-state index is -4.79. The minimum Gasteiger partial charge on any atom is -0.481 e. The number of rotatable bonds is 3. The van der Waals surface area contributed by atoms with Crippen LogP contribution in [0.15, 0.2) is 12.1 Å². The summed E-state index contributed by atoms with van der Waals surface area (Å²) in [6, 6.07) is 0.729. The van der Waals surface area contributed by atoms with E-state index in [1.165, 1.54) is 0 Å². The SMILES string of the molecule is O=C(O)Cc1cc(C(F)(F)F)cc([N+](=O)[O-])n1. The average molecular weight is 250 g/mol. The quantitative estimate of drug-likeness (QED) is 0.650. The Balaban J connectivity index is 3.28. The van der Waals surface area contributed by atoms with Crippen LogP contribution >= 0.6 is 0 Å². The summed E-state index contributed by atoms with van der Waals surface area (Å²) in [7, 11) is 0. The third-order valence-corrected chi connectivity index (χ3v) is 1.71. The first kappa shape index (κ1) is 12.9. The van der Waals surface area contributed by atoms with Crippen molar-refractivity contribution in [2.75, 3.05) is 0 Å². The Hall–Kier alpha value is -2.19. The molecule has 0 spiro atoms. The largest absolute Gasteiger partial charge is 0.481 e. The summed E-state index contributed by atoms with van der Waals surface area (Å²) in [5, 5.41) is 18.7. The molecule has 0 aliphatic carbocycles. The third-order valence-electron chi connectivity index (χ3n) is 1.71. The molecule has 9 heteroatoms. The van der Waals surface area contributed by atoms with Gasteiger partial charge in [-0.1, -0.05) is 0 Å². The molecule has 0 saturated heterocycles. The van der Waals surface area contributed by atoms with Gasteiger partial charge in [-0.3, -0.25) is 4.79 Å². The first-order valence-electron chi connectivity index (χ1n) is 4.14. The standard InChI is InChI=1S/C8H5F3N2O4/c9-8(10,11)4-1-5(3-7(14)15)12-6(2-4)13(16)17/h1-2H,3H2,(H,14,15). The molecular formula is C8H5F3N2O4. The molecule has 1 aromatic rings. The zero-order valence-corrected chi connectivity index (χ0v) is 8.06. The Morgan fingerprint density at radius 3 is 2.47 bits per heavy atom. The van der Waals surface area contributed by atoms with Crippen molar-refractivity contribution in [3.8, 4) is 0 Å². The molecule has 92 valence electrons. The van der Waals surface area contributed by atoms with Crippen molar-refractivity contribution >= 4 is 11.8 Å². The van der Waals surface area contributed by atoms with E-state index in [1.807, 2.05) is 0 Å². The molecule has 1 rings (SSSR count). The molecule has 6 nitrogen and oxygen atoms in total. The van der Waals surface area contributed by atoms with E-state index in [9.17, 15) is 28.1 Å². The van der Waals surface area contributed by atoms with Crippen LogP contribution in [-0.2, 0) is 17.4 Å². The third kappa shape index (κ3) is 3.40. The van der Waals surface area contributed by atoms with Crippen molar-refractivity contribution in [3.05, 3.63) is 33.5 Å². The fraction of sp³-hybridized carbons (Fsp3) is 0.250. The monoisotopic (exact) mass is 250 g/mol. The highest BCUT2D eigenvalue weighted by Gasteiger charge is 2.34. The minimum absolute atomic E-state index is 0.255. The Labute approximate surface area is 91.9 Å². The molecule has 0 aromatic carbocycles. The maximum atomic E-state index is 12.4. The molecule has 0 amide bonds. The van der Waals surface area contributed by atoms with Crippen molar-refractivity contribution in [1.29, 1.82) is 0 Å². The molecule has 0 bridgehead atoms. The molecule has 1 aromatic heterocycles. The number of alkyl halides is 3. The van der Waals surface area contributed by atoms with E-state index in [0.29, 0.717) is 6.07 Å². The molecule has 0 atom stereocenters. The molecule has 1 N–H and O–H groups in total. The van der Waals surface area contributed by atoms with Gasteiger partial charge in [0.15, 0.2) is 5.69 Å². The molecule has 0 radical (unpaired) electrons. The van der Waals surface area contributed by atoms with E-state index >= 15 is 0 Å². The lowest BCUT2D eigenvalue weighted by molar-refractivity contribution is -0.389. The number of nitrogens with zero attached hydrogens (tertiary/aromatic N) is 2. The summed E-state index contributed by atoms with van der Waals surface area (Å²) in [5.41, 5.74) is -1.81. The number of aromatic nitrogens is 1. The van der Waals surface area contributed by atoms with Gasteiger partial charge < -0.3 is 15.2 Å². The van der Waals surface area contributed by atoms with Crippen molar-refractivity contribution < 1.29 is 28.0 Å². The van der Waals surface area contributed by atoms with Gasteiger partial charge >= 0.3 is 18.0 Å². The summed E-state index contributed by atoms with van der Waals surface area (Å²) in [5.74, 6) is -2.46. The van der Waals surface area contributed by atoms with Crippen LogP contribution in [0.3, 0.4) is 0 Å². The first-order valence-corrected chi connectivity index (χ1v) is 4.14. The van der Waals surface area contributed by atoms with E-state index in [-0.39, 0.29) is 6.07 Å². The maximum absolute atomic E-state index is 12.4. The van der Waals surface area contributed by atoms with Gasteiger partial charge in [-0.05, 0) is 16.0 Å². The summed E-state index contributed by atoms with van der Waals surface area (Å²) in [6.07, 6.45) is -5.61. The molecule has 17 heavy (non-hydrogen) atoms. The second kappa shape index (κ2) is 4.36. The van der Waals surface area contributed by atoms with Crippen LogP contribution in [0.5, 0.6) is 0 Å². The van der Waals surface area contributed by atoms with Gasteiger partial charge in [0.1, 0.15) is 6.42 Å². The lowest BCUT2D eigenvalue weighted by atomic mass is 10.2. The Bertz CT molecular complexity index is 472. The van der Waals surface area contributed by atoms with E-state index in [1.54, 1.807) is 0 Å². The zero-order chi connectivity index (χ0) is 13.2. The van der Waals surface area contributed by atoms with Crippen molar-refractivity contribution in [1.82, 2.24) is 4.98 Å². The smallest absolute Gasteiger partial charge is 0.416 e. The predicted molar refractivity (Wildman–Crippen MR) is 47.2 cm³/mol. The van der Waals surface area contributed by atoms with Gasteiger partial charge in [0.2, 0.25) is 0 Å². The Morgan fingerprint density at radius 1 is 1.47 bits per heavy atom. The summed E-state index contributed by atoms with van der Waals surface area (Å²) in [6.45, 7) is 0. The number of hydrogen-bond acceptors (Lipinski definition) is 4. The fourth-order valence-corrected chi connectivity index (χ4v) is 1.07. The van der Waals surface area contributed by atoms with E-state index < -0.39 is 40.6 Å². The number of carbonyl (C=O) groups is 1. The predicted octanol–water partition coefficient (Wildman–Crippen LogP) is 1.64. The molecule has 0 saturated carbocycles. The van der Waals surface area contributed by atoms with Gasteiger partial charge in [0.25, 0.3) is 0 Å². The summed E-state index contributed by atoms with van der Waals surface area (Å²) < 4.78 is 37.1. The average Bonchev–Trinajstić information content (AvgIpc) is 2.14. The first-order chi connectivity index (χ1) is 7.70. The van der Waals surface area contributed by atoms with Crippen LogP contribution in [0.25, 0.3) is 0 Å². The number of carboxylic acids is 1. The Kier molecular flexibility index (Phi) is 3.30. The second-order valence-corrected chi connectivity index (χ2v) is 3.03. The lowest BCUT2D eigenvalue weighted by Crippen LogP contribution is -2.10. The van der Waals surface area contributed by atoms with E-state index in [2.05, 4.69) is 4.98 Å². The van der Waals surface area contributed by atoms with Crippen molar-refractivity contribution in [2.24, 2.45) is 0 Å². The van der Waals surface area contributed by atoms with Gasteiger partial charge in [-0.15, -0.1) is 0 Å². The summed E-state index contributed by atoms with van der Waals surface area (Å²) >= 11 is 0. The fourth-order valence-electron chi connectivity index (χ4n) is 1.07. The van der Waals surface area contributed by atoms with Crippen molar-refractivity contribution in [3.63, 3.8) is 0 Å². The van der Waals surface area contributed by atoms with Crippen LogP contribution in [0.2, 0.25) is 0 Å². The number of pyridine rings is 1. The van der Waals surface area contributed by atoms with Crippen LogP contribution < -0.4 is 0 Å². The number of carboxylic acid groups (broad SMARTS) is 1. The number of halogens is 3. The molecule has 0 unspecified atom stereocenters. The van der Waals surface area contributed by atoms with Crippen LogP contribution in [0, 0.1) is 10.1 Å². The highest BCUT2D eigenvalue weighted by atomic mass is 19.4. The van der Waals surface area contributed by atoms with Crippen LogP contribution in [0.4, 0.5) is 19.0 Å². The van der Waals surface area contributed by atoms with E-state index in [0.717, 1.165) is 0 Å². The van der Waals surface area contributed by atoms with Crippen LogP contribution in [0.1, 0.15) is 11.3 Å². The Morgan fingerprint density at radius 2 is 2.06 bits per heavy atom. The van der Waals surface area contributed by atoms with Gasteiger partial charge in [0.05, 0.1) is 5.56 Å². The van der Waals surface area contributed by atoms with E-state index in [4.69, 9.17) is 5.11 Å². The maximum Gasteiger partial charge on any atom is 0.416 e. The van der Waals surface area contributed by atoms with Gasteiger partial charge in [0, 0.05) is 6.07 Å². The normalized spacial score (nSPS) is 11.2. The highest BCUT2D eigenvalue weighted by Crippen LogP contribution is 2.31. The topological polar surface area (TPSA) is 93.3 Å². The molecule has 0 aliphatic heterocycles. The molecular weight excluding hydrogens is 245 g/mol. The molecule has 0 fully saturated rings. The number of aliphatic carboxylic acids is 1. The number of hydrogen-bond donors (Lipinski definition) is 1. The lowest BCUT2D eigenvalue weighted by Gasteiger charge is -2.06. The van der Waals surface area contributed by atoms with Gasteiger partial charge in [-0.25, -0.2) is 0 Å². The molecule has 1 heterocycles. The van der Waals surface area contributed by atoms with Crippen LogP contribution in [-0.4, -0.2) is 21.0 Å². The number of nitro groups is 1. The zero-order valence-electron chi connectivity index (χ0n) is 8.06. The van der Waals surface area contributed by atoms with Crippen molar-refractivity contribution in [2.45, 2.75) is 12.6 Å². The van der Waals surface area contributed by atoms with Gasteiger partial charge in [-0.2, -0.15) is 13.2 Å². The summed E-state index contributed by atoms with van der Waals surface area (Å²) in [4.78, 5) is 22.8. The second-order valence-electron chi connectivity index (χ2n) is 3.03.